The van der Waals surface area contributed by atoms with Gasteiger partial charge in [-0.3, -0.25) is 4.79 Å². The number of aromatic nitrogens is 2. The minimum atomic E-state index is -0.270. The van der Waals surface area contributed by atoms with E-state index >= 15 is 0 Å². The second-order valence-corrected chi connectivity index (χ2v) is 6.99. The number of hydrogen-bond acceptors (Lipinski definition) is 5. The topological polar surface area (TPSA) is 49.3 Å². The monoisotopic (exact) mass is 368 g/mol. The van der Waals surface area contributed by atoms with E-state index in [9.17, 15) is 9.18 Å². The van der Waals surface area contributed by atoms with Gasteiger partial charge in [0, 0.05) is 31.7 Å². The average molecular weight is 368 g/mol. The van der Waals surface area contributed by atoms with Gasteiger partial charge in [0.15, 0.2) is 5.82 Å². The van der Waals surface area contributed by atoms with Gasteiger partial charge in [0.1, 0.15) is 5.82 Å². The number of nitrogens with zero attached hydrogens (tertiary/aromatic N) is 4. The molecule has 1 amide bonds. The molecule has 5 nitrogen and oxygen atoms in total. The van der Waals surface area contributed by atoms with Crippen molar-refractivity contribution in [2.24, 2.45) is 0 Å². The van der Waals surface area contributed by atoms with Crippen molar-refractivity contribution in [2.75, 3.05) is 31.1 Å². The van der Waals surface area contributed by atoms with Crippen molar-refractivity contribution in [1.29, 1.82) is 0 Å². The van der Waals surface area contributed by atoms with E-state index in [1.165, 1.54) is 23.5 Å². The van der Waals surface area contributed by atoms with Crippen molar-refractivity contribution in [3.05, 3.63) is 64.6 Å². The quantitative estimate of drug-likeness (QED) is 0.712. The first-order chi connectivity index (χ1) is 12.7. The molecule has 1 saturated heterocycles. The first-order valence-corrected chi connectivity index (χ1v) is 9.26. The molecule has 132 valence electrons. The van der Waals surface area contributed by atoms with Crippen LogP contribution in [0.5, 0.6) is 0 Å². The van der Waals surface area contributed by atoms with E-state index in [1.54, 1.807) is 12.1 Å². The minimum Gasteiger partial charge on any atom is -0.352 e. The lowest BCUT2D eigenvalue weighted by Gasteiger charge is -2.35. The standard InChI is InChI=1S/C19H17FN4OS/c20-15-5-3-14(4-6-15)16-7-8-18(22-21-16)23-9-11-24(12-10-23)19(25)17-2-1-13-26-17/h1-8,13H,9-12H2. The average Bonchev–Trinajstić information content (AvgIpc) is 3.23. The molecule has 0 aliphatic carbocycles. The normalized spacial score (nSPS) is 14.5. The summed E-state index contributed by atoms with van der Waals surface area (Å²) >= 11 is 1.47. The smallest absolute Gasteiger partial charge is 0.264 e. The molecule has 1 aliphatic heterocycles. The summed E-state index contributed by atoms with van der Waals surface area (Å²) in [5.74, 6) is 0.616. The first kappa shape index (κ1) is 16.7. The van der Waals surface area contributed by atoms with Crippen LogP contribution in [-0.4, -0.2) is 47.2 Å². The number of carbonyl (C=O) groups is 1. The van der Waals surface area contributed by atoms with Gasteiger partial charge in [0.2, 0.25) is 0 Å². The Morgan fingerprint density at radius 3 is 2.35 bits per heavy atom. The molecule has 7 heteroatoms. The third-order valence-electron chi connectivity index (χ3n) is 4.41. The van der Waals surface area contributed by atoms with Crippen LogP contribution in [0.15, 0.2) is 53.9 Å². The lowest BCUT2D eigenvalue weighted by molar-refractivity contribution is 0.0751. The number of anilines is 1. The lowest BCUT2D eigenvalue weighted by atomic mass is 10.1. The maximum atomic E-state index is 13.0. The van der Waals surface area contributed by atoms with Gasteiger partial charge in [-0.15, -0.1) is 21.5 Å². The van der Waals surface area contributed by atoms with E-state index < -0.39 is 0 Å². The Morgan fingerprint density at radius 2 is 1.73 bits per heavy atom. The van der Waals surface area contributed by atoms with Crippen molar-refractivity contribution in [3.8, 4) is 11.3 Å². The fraction of sp³-hybridized carbons (Fsp3) is 0.211. The highest BCUT2D eigenvalue weighted by Gasteiger charge is 2.23. The molecule has 0 N–H and O–H groups in total. The molecular weight excluding hydrogens is 351 g/mol. The highest BCUT2D eigenvalue weighted by molar-refractivity contribution is 7.12. The predicted octanol–water partition coefficient (Wildman–Crippen LogP) is 3.31. The molecule has 1 aliphatic rings. The van der Waals surface area contributed by atoms with Crippen LogP contribution >= 0.6 is 11.3 Å². The Bertz CT molecular complexity index is 873. The summed E-state index contributed by atoms with van der Waals surface area (Å²) < 4.78 is 13.0. The van der Waals surface area contributed by atoms with Crippen LogP contribution in [0, 0.1) is 5.82 Å². The molecule has 4 rings (SSSR count). The molecule has 3 aromatic rings. The van der Waals surface area contributed by atoms with Gasteiger partial charge in [0.25, 0.3) is 5.91 Å². The van der Waals surface area contributed by atoms with E-state index in [0.717, 1.165) is 29.3 Å². The summed E-state index contributed by atoms with van der Waals surface area (Å²) in [5.41, 5.74) is 1.54. The number of amides is 1. The first-order valence-electron chi connectivity index (χ1n) is 8.38. The molecule has 3 heterocycles. The zero-order chi connectivity index (χ0) is 17.9. The summed E-state index contributed by atoms with van der Waals surface area (Å²) in [6.07, 6.45) is 0. The lowest BCUT2D eigenvalue weighted by Crippen LogP contribution is -2.48. The zero-order valence-corrected chi connectivity index (χ0v) is 14.8. The summed E-state index contributed by atoms with van der Waals surface area (Å²) in [7, 11) is 0. The van der Waals surface area contributed by atoms with E-state index in [2.05, 4.69) is 15.1 Å². The fourth-order valence-electron chi connectivity index (χ4n) is 2.96. The van der Waals surface area contributed by atoms with Crippen LogP contribution in [0.1, 0.15) is 9.67 Å². The predicted molar refractivity (Wildman–Crippen MR) is 99.9 cm³/mol. The minimum absolute atomic E-state index is 0.0948. The number of benzene rings is 1. The Hall–Kier alpha value is -2.80. The van der Waals surface area contributed by atoms with E-state index in [-0.39, 0.29) is 11.7 Å². The maximum absolute atomic E-state index is 13.0. The molecule has 0 atom stereocenters. The Morgan fingerprint density at radius 1 is 0.962 bits per heavy atom. The molecule has 0 unspecified atom stereocenters. The van der Waals surface area contributed by atoms with E-state index in [4.69, 9.17) is 0 Å². The van der Waals surface area contributed by atoms with Gasteiger partial charge in [-0.1, -0.05) is 6.07 Å². The Balaban J connectivity index is 1.40. The Labute approximate surface area is 154 Å². The fourth-order valence-corrected chi connectivity index (χ4v) is 3.65. The van der Waals surface area contributed by atoms with Crippen molar-refractivity contribution in [1.82, 2.24) is 15.1 Å². The second-order valence-electron chi connectivity index (χ2n) is 6.04. The van der Waals surface area contributed by atoms with Crippen molar-refractivity contribution >= 4 is 23.1 Å². The molecule has 1 fully saturated rings. The molecule has 0 saturated carbocycles. The third-order valence-corrected chi connectivity index (χ3v) is 5.27. The van der Waals surface area contributed by atoms with Gasteiger partial charge in [-0.05, 0) is 47.8 Å². The van der Waals surface area contributed by atoms with Gasteiger partial charge in [-0.2, -0.15) is 0 Å². The summed E-state index contributed by atoms with van der Waals surface area (Å²) in [6, 6.07) is 13.8. The summed E-state index contributed by atoms with van der Waals surface area (Å²) in [4.78, 5) is 17.2. The molecule has 1 aromatic carbocycles. The van der Waals surface area contributed by atoms with Crippen LogP contribution in [-0.2, 0) is 0 Å². The van der Waals surface area contributed by atoms with Crippen LogP contribution in [0.3, 0.4) is 0 Å². The molecule has 0 bridgehead atoms. The van der Waals surface area contributed by atoms with Gasteiger partial charge in [-0.25, -0.2) is 4.39 Å². The van der Waals surface area contributed by atoms with Crippen molar-refractivity contribution in [2.45, 2.75) is 0 Å². The molecular formula is C19H17FN4OS. The summed E-state index contributed by atoms with van der Waals surface area (Å²) in [6.45, 7) is 2.78. The highest BCUT2D eigenvalue weighted by atomic mass is 32.1. The van der Waals surface area contributed by atoms with Crippen molar-refractivity contribution < 1.29 is 9.18 Å². The van der Waals surface area contributed by atoms with Gasteiger partial charge >= 0.3 is 0 Å². The number of thiophene rings is 1. The van der Waals surface area contributed by atoms with Crippen LogP contribution in [0.25, 0.3) is 11.3 Å². The van der Waals surface area contributed by atoms with Crippen molar-refractivity contribution in [3.63, 3.8) is 0 Å². The highest BCUT2D eigenvalue weighted by Crippen LogP contribution is 2.20. The zero-order valence-electron chi connectivity index (χ0n) is 14.0. The summed E-state index contributed by atoms with van der Waals surface area (Å²) in [5, 5.41) is 10.5. The third kappa shape index (κ3) is 3.43. The maximum Gasteiger partial charge on any atom is 0.264 e. The van der Waals surface area contributed by atoms with Crippen LogP contribution in [0.2, 0.25) is 0 Å². The number of carbonyl (C=O) groups excluding carboxylic acids is 1. The number of hydrogen-bond donors (Lipinski definition) is 0. The number of halogens is 1. The molecule has 0 radical (unpaired) electrons. The van der Waals surface area contributed by atoms with Gasteiger partial charge < -0.3 is 9.80 Å². The number of piperazine rings is 1. The van der Waals surface area contributed by atoms with E-state index in [1.807, 2.05) is 34.5 Å². The van der Waals surface area contributed by atoms with Crippen LogP contribution < -0.4 is 4.90 Å². The number of rotatable bonds is 3. The SMILES string of the molecule is O=C(c1cccs1)N1CCN(c2ccc(-c3ccc(F)cc3)nn2)CC1. The molecule has 26 heavy (non-hydrogen) atoms. The molecule has 0 spiro atoms. The molecule has 2 aromatic heterocycles. The van der Waals surface area contributed by atoms with Crippen LogP contribution in [0.4, 0.5) is 10.2 Å². The van der Waals surface area contributed by atoms with E-state index in [0.29, 0.717) is 18.8 Å². The van der Waals surface area contributed by atoms with Gasteiger partial charge in [0.05, 0.1) is 10.6 Å². The largest absolute Gasteiger partial charge is 0.352 e. The Kier molecular flexibility index (Phi) is 4.62. The second kappa shape index (κ2) is 7.21.